The molecule has 102 valence electrons. The standard InChI is InChI=1S/C13H22N2O3/c1-2-7-15(9-3-5-14-6-4-9)12(16)10-8-11(10)13(17)18/h9-11,14H,2-8H2,1H3,(H,17,18)/t10-,11+/m1/s1. The van der Waals surface area contributed by atoms with Crippen LogP contribution < -0.4 is 5.32 Å². The molecule has 0 radical (unpaired) electrons. The van der Waals surface area contributed by atoms with Crippen LogP contribution in [0, 0.1) is 11.8 Å². The summed E-state index contributed by atoms with van der Waals surface area (Å²) >= 11 is 0. The van der Waals surface area contributed by atoms with Crippen LogP contribution in [0.5, 0.6) is 0 Å². The lowest BCUT2D eigenvalue weighted by Gasteiger charge is -2.34. The summed E-state index contributed by atoms with van der Waals surface area (Å²) in [6.45, 7) is 4.71. The van der Waals surface area contributed by atoms with E-state index in [2.05, 4.69) is 12.2 Å². The van der Waals surface area contributed by atoms with Crippen molar-refractivity contribution in [2.75, 3.05) is 19.6 Å². The second kappa shape index (κ2) is 5.69. The third-order valence-corrected chi connectivity index (χ3v) is 3.92. The quantitative estimate of drug-likeness (QED) is 0.757. The highest BCUT2D eigenvalue weighted by atomic mass is 16.4. The minimum Gasteiger partial charge on any atom is -0.481 e. The van der Waals surface area contributed by atoms with E-state index < -0.39 is 11.9 Å². The number of hydrogen-bond donors (Lipinski definition) is 2. The topological polar surface area (TPSA) is 69.6 Å². The zero-order valence-corrected chi connectivity index (χ0v) is 10.9. The molecule has 1 saturated carbocycles. The molecule has 2 atom stereocenters. The van der Waals surface area contributed by atoms with Crippen LogP contribution in [0.3, 0.4) is 0 Å². The largest absolute Gasteiger partial charge is 0.481 e. The van der Waals surface area contributed by atoms with Gasteiger partial charge in [0.15, 0.2) is 0 Å². The maximum absolute atomic E-state index is 12.4. The molecule has 1 aliphatic heterocycles. The number of aliphatic carboxylic acids is 1. The van der Waals surface area contributed by atoms with Gasteiger partial charge in [-0.05, 0) is 38.8 Å². The van der Waals surface area contributed by atoms with E-state index in [0.29, 0.717) is 12.5 Å². The Morgan fingerprint density at radius 2 is 1.94 bits per heavy atom. The second-order valence-electron chi connectivity index (χ2n) is 5.30. The minimum absolute atomic E-state index is 0.0659. The first-order chi connectivity index (χ1) is 8.65. The van der Waals surface area contributed by atoms with Gasteiger partial charge in [0.1, 0.15) is 0 Å². The predicted molar refractivity (Wildman–Crippen MR) is 67.1 cm³/mol. The molecule has 0 aromatic heterocycles. The lowest BCUT2D eigenvalue weighted by molar-refractivity contribution is -0.143. The molecule has 1 amide bonds. The SMILES string of the molecule is CCCN(C(=O)[C@@H]1C[C@@H]1C(=O)O)C1CCNCC1. The van der Waals surface area contributed by atoms with Gasteiger partial charge in [-0.25, -0.2) is 0 Å². The van der Waals surface area contributed by atoms with Crippen LogP contribution in [0.4, 0.5) is 0 Å². The number of nitrogens with one attached hydrogen (secondary N) is 1. The second-order valence-corrected chi connectivity index (χ2v) is 5.30. The van der Waals surface area contributed by atoms with Crippen LogP contribution in [-0.2, 0) is 9.59 Å². The van der Waals surface area contributed by atoms with Crippen LogP contribution in [-0.4, -0.2) is 47.6 Å². The van der Waals surface area contributed by atoms with E-state index in [4.69, 9.17) is 5.11 Å². The monoisotopic (exact) mass is 254 g/mol. The summed E-state index contributed by atoms with van der Waals surface area (Å²) in [6, 6.07) is 0.300. The molecule has 18 heavy (non-hydrogen) atoms. The zero-order chi connectivity index (χ0) is 13.1. The van der Waals surface area contributed by atoms with Crippen molar-refractivity contribution in [1.82, 2.24) is 10.2 Å². The molecule has 1 aliphatic carbocycles. The Bertz CT molecular complexity index is 326. The van der Waals surface area contributed by atoms with Crippen molar-refractivity contribution in [3.8, 4) is 0 Å². The molecule has 2 rings (SSSR count). The lowest BCUT2D eigenvalue weighted by Crippen LogP contribution is -2.47. The van der Waals surface area contributed by atoms with Crippen molar-refractivity contribution in [3.63, 3.8) is 0 Å². The summed E-state index contributed by atoms with van der Waals surface area (Å²) in [5, 5.41) is 12.2. The summed E-state index contributed by atoms with van der Waals surface area (Å²) in [5.41, 5.74) is 0. The molecule has 0 spiro atoms. The van der Waals surface area contributed by atoms with E-state index in [1.807, 2.05) is 4.90 Å². The normalized spacial score (nSPS) is 27.8. The third-order valence-electron chi connectivity index (χ3n) is 3.92. The molecule has 0 unspecified atom stereocenters. The van der Waals surface area contributed by atoms with E-state index in [1.165, 1.54) is 0 Å². The number of carbonyl (C=O) groups is 2. The fraction of sp³-hybridized carbons (Fsp3) is 0.846. The first-order valence-corrected chi connectivity index (χ1v) is 6.89. The molecule has 2 N–H and O–H groups in total. The van der Waals surface area contributed by atoms with Crippen molar-refractivity contribution >= 4 is 11.9 Å². The zero-order valence-electron chi connectivity index (χ0n) is 10.9. The van der Waals surface area contributed by atoms with Crippen molar-refractivity contribution in [1.29, 1.82) is 0 Å². The number of hydrogen-bond acceptors (Lipinski definition) is 3. The van der Waals surface area contributed by atoms with Crippen molar-refractivity contribution in [2.45, 2.75) is 38.6 Å². The van der Waals surface area contributed by atoms with Gasteiger partial charge < -0.3 is 15.3 Å². The Kier molecular flexibility index (Phi) is 4.22. The van der Waals surface area contributed by atoms with Gasteiger partial charge in [0.05, 0.1) is 11.8 Å². The first-order valence-electron chi connectivity index (χ1n) is 6.89. The van der Waals surface area contributed by atoms with Crippen LogP contribution in [0.2, 0.25) is 0 Å². The number of carboxylic acid groups (broad SMARTS) is 1. The summed E-state index contributed by atoms with van der Waals surface area (Å²) in [6.07, 6.45) is 3.42. The maximum Gasteiger partial charge on any atom is 0.307 e. The highest BCUT2D eigenvalue weighted by molar-refractivity contribution is 5.89. The van der Waals surface area contributed by atoms with Crippen molar-refractivity contribution in [2.24, 2.45) is 11.8 Å². The third kappa shape index (κ3) is 2.83. The van der Waals surface area contributed by atoms with Gasteiger partial charge in [0, 0.05) is 12.6 Å². The summed E-state index contributed by atoms with van der Waals surface area (Å²) < 4.78 is 0. The van der Waals surface area contributed by atoms with Crippen LogP contribution in [0.25, 0.3) is 0 Å². The molecule has 5 nitrogen and oxygen atoms in total. The fourth-order valence-electron chi connectivity index (χ4n) is 2.79. The molecule has 0 aromatic carbocycles. The van der Waals surface area contributed by atoms with E-state index in [1.54, 1.807) is 0 Å². The predicted octanol–water partition coefficient (Wildman–Crippen LogP) is 0.698. The molecule has 2 aliphatic rings. The Labute approximate surface area is 108 Å². The molecule has 5 heteroatoms. The van der Waals surface area contributed by atoms with Gasteiger partial charge in [-0.3, -0.25) is 9.59 Å². The maximum atomic E-state index is 12.4. The van der Waals surface area contributed by atoms with Gasteiger partial charge in [0.2, 0.25) is 5.91 Å². The highest BCUT2D eigenvalue weighted by Crippen LogP contribution is 2.40. The Morgan fingerprint density at radius 3 is 2.44 bits per heavy atom. The number of rotatable bonds is 5. The number of amides is 1. The number of nitrogens with zero attached hydrogens (tertiary/aromatic N) is 1. The van der Waals surface area contributed by atoms with Crippen LogP contribution >= 0.6 is 0 Å². The molecule has 2 fully saturated rings. The van der Waals surface area contributed by atoms with E-state index in [0.717, 1.165) is 38.9 Å². The van der Waals surface area contributed by atoms with Crippen LogP contribution in [0.15, 0.2) is 0 Å². The van der Waals surface area contributed by atoms with E-state index in [-0.39, 0.29) is 11.8 Å². The summed E-state index contributed by atoms with van der Waals surface area (Å²) in [7, 11) is 0. The smallest absolute Gasteiger partial charge is 0.307 e. The lowest BCUT2D eigenvalue weighted by atomic mass is 10.0. The fourth-order valence-corrected chi connectivity index (χ4v) is 2.79. The summed E-state index contributed by atoms with van der Waals surface area (Å²) in [4.78, 5) is 25.1. The molecule has 0 aromatic rings. The van der Waals surface area contributed by atoms with Gasteiger partial charge in [-0.2, -0.15) is 0 Å². The molecule has 1 heterocycles. The molecular weight excluding hydrogens is 232 g/mol. The van der Waals surface area contributed by atoms with E-state index in [9.17, 15) is 9.59 Å². The minimum atomic E-state index is -0.824. The molecular formula is C13H22N2O3. The van der Waals surface area contributed by atoms with Crippen LogP contribution in [0.1, 0.15) is 32.6 Å². The van der Waals surface area contributed by atoms with Gasteiger partial charge in [0.25, 0.3) is 0 Å². The Hall–Kier alpha value is -1.10. The number of carbonyl (C=O) groups excluding carboxylic acids is 1. The Morgan fingerprint density at radius 1 is 1.28 bits per heavy atom. The molecule has 0 bridgehead atoms. The first kappa shape index (κ1) is 13.3. The molecule has 1 saturated heterocycles. The van der Waals surface area contributed by atoms with Crippen molar-refractivity contribution < 1.29 is 14.7 Å². The van der Waals surface area contributed by atoms with Gasteiger partial charge >= 0.3 is 5.97 Å². The Balaban J connectivity index is 1.96. The number of piperidine rings is 1. The highest BCUT2D eigenvalue weighted by Gasteiger charge is 2.50. The average molecular weight is 254 g/mol. The van der Waals surface area contributed by atoms with Crippen molar-refractivity contribution in [3.05, 3.63) is 0 Å². The summed E-state index contributed by atoms with van der Waals surface area (Å²) in [5.74, 6) is -1.45. The van der Waals surface area contributed by atoms with E-state index >= 15 is 0 Å². The number of carboxylic acids is 1. The van der Waals surface area contributed by atoms with Gasteiger partial charge in [-0.15, -0.1) is 0 Å². The van der Waals surface area contributed by atoms with Gasteiger partial charge in [-0.1, -0.05) is 6.92 Å². The average Bonchev–Trinajstić information content (AvgIpc) is 3.16.